The number of benzene rings is 1. The number of aliphatic carboxylic acids is 1. The zero-order valence-corrected chi connectivity index (χ0v) is 12.0. The summed E-state index contributed by atoms with van der Waals surface area (Å²) >= 11 is 0. The van der Waals surface area contributed by atoms with Gasteiger partial charge in [-0.15, -0.1) is 0 Å². The van der Waals surface area contributed by atoms with E-state index in [1.165, 1.54) is 4.90 Å². The Morgan fingerprint density at radius 1 is 1.19 bits per heavy atom. The highest BCUT2D eigenvalue weighted by Crippen LogP contribution is 2.12. The number of ether oxygens (including phenoxy) is 1. The van der Waals surface area contributed by atoms with Gasteiger partial charge in [-0.1, -0.05) is 12.1 Å². The number of carboxylic acids is 1. The van der Waals surface area contributed by atoms with Gasteiger partial charge in [0.2, 0.25) is 5.91 Å². The van der Waals surface area contributed by atoms with Crippen molar-refractivity contribution in [3.63, 3.8) is 0 Å². The van der Waals surface area contributed by atoms with E-state index in [1.807, 2.05) is 12.1 Å². The Bertz CT molecular complexity index is 513. The molecule has 0 radical (unpaired) electrons. The van der Waals surface area contributed by atoms with Crippen LogP contribution in [0.25, 0.3) is 0 Å². The van der Waals surface area contributed by atoms with Gasteiger partial charge in [-0.05, 0) is 17.7 Å². The lowest BCUT2D eigenvalue weighted by Crippen LogP contribution is -2.40. The summed E-state index contributed by atoms with van der Waals surface area (Å²) in [5.74, 6) is -0.970. The van der Waals surface area contributed by atoms with Gasteiger partial charge in [0.25, 0.3) is 0 Å². The first kappa shape index (κ1) is 16.5. The Morgan fingerprint density at radius 3 is 2.33 bits per heavy atom. The molecule has 0 aliphatic rings. The van der Waals surface area contributed by atoms with Crippen LogP contribution in [0.15, 0.2) is 24.3 Å². The SMILES string of the molecule is COc1ccc(CN(C)C(=O)NC(=O)CCC(=O)O)cc1. The molecule has 0 aliphatic heterocycles. The Kier molecular flexibility index (Phi) is 6.19. The standard InChI is InChI=1S/C14H18N2O5/c1-16(9-10-3-5-11(21-2)6-4-10)14(20)15-12(17)7-8-13(18)19/h3-6H,7-9H2,1-2H3,(H,18,19)(H,15,17,20). The summed E-state index contributed by atoms with van der Waals surface area (Å²) in [5.41, 5.74) is 0.881. The highest BCUT2D eigenvalue weighted by atomic mass is 16.5. The molecular weight excluding hydrogens is 276 g/mol. The van der Waals surface area contributed by atoms with E-state index in [4.69, 9.17) is 9.84 Å². The van der Waals surface area contributed by atoms with Gasteiger partial charge in [-0.25, -0.2) is 4.79 Å². The van der Waals surface area contributed by atoms with Crippen molar-refractivity contribution in [1.82, 2.24) is 10.2 Å². The van der Waals surface area contributed by atoms with Crippen LogP contribution in [0.1, 0.15) is 18.4 Å². The van der Waals surface area contributed by atoms with Crippen molar-refractivity contribution in [2.24, 2.45) is 0 Å². The number of rotatable bonds is 6. The molecule has 7 nitrogen and oxygen atoms in total. The van der Waals surface area contributed by atoms with E-state index in [2.05, 4.69) is 5.32 Å². The van der Waals surface area contributed by atoms with Gasteiger partial charge in [-0.3, -0.25) is 14.9 Å². The summed E-state index contributed by atoms with van der Waals surface area (Å²) in [6, 6.07) is 6.61. The number of hydrogen-bond acceptors (Lipinski definition) is 4. The minimum absolute atomic E-state index is 0.225. The van der Waals surface area contributed by atoms with Crippen molar-refractivity contribution in [1.29, 1.82) is 0 Å². The number of carbonyl (C=O) groups is 3. The first-order valence-corrected chi connectivity index (χ1v) is 6.32. The molecule has 0 saturated carbocycles. The van der Waals surface area contributed by atoms with Crippen LogP contribution in [-0.4, -0.2) is 42.1 Å². The van der Waals surface area contributed by atoms with E-state index in [0.717, 1.165) is 11.3 Å². The maximum absolute atomic E-state index is 11.7. The molecule has 3 amide bonds. The first-order valence-electron chi connectivity index (χ1n) is 6.32. The number of carbonyl (C=O) groups excluding carboxylic acids is 2. The molecule has 0 heterocycles. The lowest BCUT2D eigenvalue weighted by Gasteiger charge is -2.17. The predicted molar refractivity (Wildman–Crippen MR) is 74.9 cm³/mol. The third-order valence-electron chi connectivity index (χ3n) is 2.74. The molecule has 0 aliphatic carbocycles. The molecule has 0 atom stereocenters. The predicted octanol–water partition coefficient (Wildman–Crippen LogP) is 1.23. The molecule has 0 fully saturated rings. The molecule has 1 aromatic carbocycles. The summed E-state index contributed by atoms with van der Waals surface area (Å²) in [7, 11) is 3.11. The van der Waals surface area contributed by atoms with Gasteiger partial charge in [0.05, 0.1) is 13.5 Å². The van der Waals surface area contributed by atoms with Crippen molar-refractivity contribution < 1.29 is 24.2 Å². The topological polar surface area (TPSA) is 95.9 Å². The van der Waals surface area contributed by atoms with E-state index in [0.29, 0.717) is 6.54 Å². The third-order valence-corrected chi connectivity index (χ3v) is 2.74. The molecule has 0 spiro atoms. The van der Waals surface area contributed by atoms with Crippen molar-refractivity contribution in [2.75, 3.05) is 14.2 Å². The number of urea groups is 1. The van der Waals surface area contributed by atoms with Crippen LogP contribution in [0, 0.1) is 0 Å². The Morgan fingerprint density at radius 2 is 1.81 bits per heavy atom. The zero-order chi connectivity index (χ0) is 15.8. The second-order valence-corrected chi connectivity index (χ2v) is 4.45. The van der Waals surface area contributed by atoms with Gasteiger partial charge in [0.1, 0.15) is 5.75 Å². The number of nitrogens with one attached hydrogen (secondary N) is 1. The molecule has 1 aromatic rings. The number of nitrogens with zero attached hydrogens (tertiary/aromatic N) is 1. The smallest absolute Gasteiger partial charge is 0.324 e. The van der Waals surface area contributed by atoms with Gasteiger partial charge in [-0.2, -0.15) is 0 Å². The quantitative estimate of drug-likeness (QED) is 0.822. The average Bonchev–Trinajstić information content (AvgIpc) is 2.45. The molecule has 2 N–H and O–H groups in total. The molecule has 0 aromatic heterocycles. The fourth-order valence-electron chi connectivity index (χ4n) is 1.57. The Balaban J connectivity index is 2.46. The van der Waals surface area contributed by atoms with Gasteiger partial charge < -0.3 is 14.7 Å². The minimum atomic E-state index is -1.08. The minimum Gasteiger partial charge on any atom is -0.497 e. The molecule has 1 rings (SSSR count). The number of hydrogen-bond donors (Lipinski definition) is 2. The van der Waals surface area contributed by atoms with Crippen LogP contribution in [-0.2, 0) is 16.1 Å². The fraction of sp³-hybridized carbons (Fsp3) is 0.357. The molecule has 114 valence electrons. The van der Waals surface area contributed by atoms with Crippen molar-refractivity contribution >= 4 is 17.9 Å². The first-order chi connectivity index (χ1) is 9.92. The molecule has 0 bridgehead atoms. The van der Waals surface area contributed by atoms with E-state index in [-0.39, 0.29) is 12.8 Å². The van der Waals surface area contributed by atoms with Crippen molar-refractivity contribution in [3.8, 4) is 5.75 Å². The lowest BCUT2D eigenvalue weighted by molar-refractivity contribution is -0.138. The summed E-state index contributed by atoms with van der Waals surface area (Å²) < 4.78 is 5.03. The van der Waals surface area contributed by atoms with E-state index in [1.54, 1.807) is 26.3 Å². The number of imide groups is 1. The monoisotopic (exact) mass is 294 g/mol. The number of carboxylic acid groups (broad SMARTS) is 1. The summed E-state index contributed by atoms with van der Waals surface area (Å²) in [4.78, 5) is 34.8. The molecule has 0 saturated heterocycles. The number of methoxy groups -OCH3 is 1. The summed E-state index contributed by atoms with van der Waals surface area (Å²) in [6.07, 6.45) is -0.529. The molecule has 0 unspecified atom stereocenters. The van der Waals surface area contributed by atoms with Crippen LogP contribution in [0.5, 0.6) is 5.75 Å². The summed E-state index contributed by atoms with van der Waals surface area (Å²) in [6.45, 7) is 0.321. The van der Waals surface area contributed by atoms with Crippen LogP contribution >= 0.6 is 0 Å². The largest absolute Gasteiger partial charge is 0.497 e. The number of amides is 3. The molecular formula is C14H18N2O5. The second-order valence-electron chi connectivity index (χ2n) is 4.45. The highest BCUT2D eigenvalue weighted by Gasteiger charge is 2.13. The zero-order valence-electron chi connectivity index (χ0n) is 12.0. The second kappa shape index (κ2) is 7.88. The van der Waals surface area contributed by atoms with Gasteiger partial charge in [0, 0.05) is 20.0 Å². The Hall–Kier alpha value is -2.57. The molecule has 21 heavy (non-hydrogen) atoms. The van der Waals surface area contributed by atoms with Gasteiger partial charge in [0.15, 0.2) is 0 Å². The molecule has 7 heteroatoms. The van der Waals surface area contributed by atoms with Crippen molar-refractivity contribution in [2.45, 2.75) is 19.4 Å². The van der Waals surface area contributed by atoms with E-state index < -0.39 is 17.9 Å². The van der Waals surface area contributed by atoms with Crippen molar-refractivity contribution in [3.05, 3.63) is 29.8 Å². The Labute approximate surface area is 122 Å². The van der Waals surface area contributed by atoms with Gasteiger partial charge >= 0.3 is 12.0 Å². The van der Waals surface area contributed by atoms with Crippen LogP contribution in [0.2, 0.25) is 0 Å². The van der Waals surface area contributed by atoms with Crippen LogP contribution in [0.4, 0.5) is 4.79 Å². The highest BCUT2D eigenvalue weighted by molar-refractivity contribution is 5.95. The van der Waals surface area contributed by atoms with E-state index >= 15 is 0 Å². The normalized spacial score (nSPS) is 9.81. The lowest BCUT2D eigenvalue weighted by atomic mass is 10.2. The van der Waals surface area contributed by atoms with Crippen LogP contribution in [0.3, 0.4) is 0 Å². The maximum Gasteiger partial charge on any atom is 0.324 e. The third kappa shape index (κ3) is 5.94. The average molecular weight is 294 g/mol. The maximum atomic E-state index is 11.7. The summed E-state index contributed by atoms with van der Waals surface area (Å²) in [5, 5.41) is 10.6. The fourth-order valence-corrected chi connectivity index (χ4v) is 1.57. The van der Waals surface area contributed by atoms with Crippen LogP contribution < -0.4 is 10.1 Å². The van der Waals surface area contributed by atoms with E-state index in [9.17, 15) is 14.4 Å².